The van der Waals surface area contributed by atoms with Crippen LogP contribution in [0, 0.1) is 0 Å². The monoisotopic (exact) mass is 272 g/mol. The summed E-state index contributed by atoms with van der Waals surface area (Å²) in [6.45, 7) is 11.5. The fourth-order valence-electron chi connectivity index (χ4n) is 1.87. The number of hydrogen-bond donors (Lipinski definition) is 1. The van der Waals surface area contributed by atoms with Gasteiger partial charge in [-0.1, -0.05) is 26.8 Å². The maximum Gasteiger partial charge on any atom is 0.192 e. The summed E-state index contributed by atoms with van der Waals surface area (Å²) in [5.41, 5.74) is 0. The third kappa shape index (κ3) is 2.70. The van der Waals surface area contributed by atoms with Crippen molar-refractivity contribution < 1.29 is 19.0 Å². The molecule has 0 saturated carbocycles. The second-order valence-electron chi connectivity index (χ2n) is 6.59. The number of ether oxygens (including phenoxy) is 2. The highest BCUT2D eigenvalue weighted by Gasteiger charge is 2.44. The molecule has 18 heavy (non-hydrogen) atoms. The van der Waals surface area contributed by atoms with Crippen molar-refractivity contribution in [2.24, 2.45) is 0 Å². The summed E-state index contributed by atoms with van der Waals surface area (Å²) >= 11 is 0. The van der Waals surface area contributed by atoms with Crippen molar-refractivity contribution in [3.63, 3.8) is 0 Å². The Morgan fingerprint density at radius 1 is 1.22 bits per heavy atom. The zero-order valence-corrected chi connectivity index (χ0v) is 12.8. The zero-order chi connectivity index (χ0) is 13.6. The summed E-state index contributed by atoms with van der Waals surface area (Å²) in [5, 5.41) is 10.00. The fourth-order valence-corrected chi connectivity index (χ4v) is 2.88. The van der Waals surface area contributed by atoms with E-state index in [1.165, 1.54) is 0 Å². The van der Waals surface area contributed by atoms with E-state index < -0.39 is 14.4 Å². The zero-order valence-electron chi connectivity index (χ0n) is 11.8. The van der Waals surface area contributed by atoms with Gasteiger partial charge in [-0.05, 0) is 24.2 Å². The minimum Gasteiger partial charge on any atom is -0.414 e. The Morgan fingerprint density at radius 2 is 1.89 bits per heavy atom. The van der Waals surface area contributed by atoms with E-state index in [2.05, 4.69) is 33.9 Å². The maximum absolute atomic E-state index is 9.82. The average Bonchev–Trinajstić information content (AvgIpc) is 2.59. The smallest absolute Gasteiger partial charge is 0.192 e. The Labute approximate surface area is 110 Å². The molecule has 1 fully saturated rings. The molecule has 2 rings (SSSR count). The molecule has 5 heteroatoms. The highest BCUT2D eigenvalue weighted by Crippen LogP contribution is 2.37. The van der Waals surface area contributed by atoms with Gasteiger partial charge in [0, 0.05) is 0 Å². The van der Waals surface area contributed by atoms with E-state index in [0.717, 1.165) is 0 Å². The Balaban J connectivity index is 1.93. The SMILES string of the molecule is CC(C)(C)[Si](C)(C)OC[C@@H]1O[C@H]2C=C[C@H](O)[C@@H]1O2. The first-order valence-electron chi connectivity index (χ1n) is 6.52. The number of rotatable bonds is 3. The van der Waals surface area contributed by atoms with Gasteiger partial charge in [0.2, 0.25) is 0 Å². The van der Waals surface area contributed by atoms with E-state index >= 15 is 0 Å². The molecule has 2 bridgehead atoms. The summed E-state index contributed by atoms with van der Waals surface area (Å²) < 4.78 is 17.4. The third-order valence-corrected chi connectivity index (χ3v) is 8.68. The van der Waals surface area contributed by atoms with Crippen LogP contribution >= 0.6 is 0 Å². The van der Waals surface area contributed by atoms with Gasteiger partial charge in [-0.25, -0.2) is 0 Å². The Kier molecular flexibility index (Phi) is 3.73. The van der Waals surface area contributed by atoms with Crippen LogP contribution in [0.2, 0.25) is 18.1 Å². The van der Waals surface area contributed by atoms with E-state index in [4.69, 9.17) is 13.9 Å². The number of hydrogen-bond acceptors (Lipinski definition) is 4. The van der Waals surface area contributed by atoms with Gasteiger partial charge >= 0.3 is 0 Å². The van der Waals surface area contributed by atoms with Crippen LogP contribution in [-0.4, -0.2) is 44.6 Å². The van der Waals surface area contributed by atoms with E-state index in [0.29, 0.717) is 6.61 Å². The van der Waals surface area contributed by atoms with Crippen molar-refractivity contribution in [2.45, 2.75) is 63.5 Å². The van der Waals surface area contributed by atoms with Crippen molar-refractivity contribution in [3.8, 4) is 0 Å². The minimum absolute atomic E-state index is 0.172. The molecule has 0 unspecified atom stereocenters. The van der Waals surface area contributed by atoms with Crippen molar-refractivity contribution >= 4 is 8.32 Å². The van der Waals surface area contributed by atoms with E-state index in [1.807, 2.05) is 0 Å². The molecular weight excluding hydrogens is 248 g/mol. The largest absolute Gasteiger partial charge is 0.414 e. The van der Waals surface area contributed by atoms with Crippen LogP contribution in [0.5, 0.6) is 0 Å². The summed E-state index contributed by atoms with van der Waals surface area (Å²) in [5.74, 6) is 0. The Hall–Kier alpha value is -0.203. The van der Waals surface area contributed by atoms with Gasteiger partial charge < -0.3 is 19.0 Å². The molecule has 0 aromatic carbocycles. The van der Waals surface area contributed by atoms with Gasteiger partial charge in [0.25, 0.3) is 0 Å². The Bertz CT molecular complexity index is 334. The molecule has 104 valence electrons. The first-order valence-corrected chi connectivity index (χ1v) is 9.43. The molecule has 2 aliphatic rings. The molecule has 4 atom stereocenters. The van der Waals surface area contributed by atoms with Crippen LogP contribution in [0.25, 0.3) is 0 Å². The molecule has 0 radical (unpaired) electrons. The second kappa shape index (κ2) is 4.72. The molecular formula is C13H24O4Si. The van der Waals surface area contributed by atoms with Crippen LogP contribution in [0.4, 0.5) is 0 Å². The summed E-state index contributed by atoms with van der Waals surface area (Å²) in [4.78, 5) is 0. The fraction of sp³-hybridized carbons (Fsp3) is 0.846. The molecule has 0 amide bonds. The van der Waals surface area contributed by atoms with Crippen molar-refractivity contribution in [1.29, 1.82) is 0 Å². The molecule has 1 N–H and O–H groups in total. The molecule has 1 saturated heterocycles. The quantitative estimate of drug-likeness (QED) is 0.631. The van der Waals surface area contributed by atoms with Gasteiger partial charge in [0.05, 0.1) is 6.61 Å². The lowest BCUT2D eigenvalue weighted by Crippen LogP contribution is -2.45. The number of fused-ring (bicyclic) bond motifs is 2. The lowest BCUT2D eigenvalue weighted by Gasteiger charge is -2.37. The molecule has 0 aliphatic carbocycles. The van der Waals surface area contributed by atoms with E-state index in [9.17, 15) is 5.11 Å². The standard InChI is InChI=1S/C13H24O4Si/c1-13(2,3)18(4,5)15-8-10-12-9(14)6-7-11(16-10)17-12/h6-7,9-12,14H,8H2,1-5H3/t9-,10-,11+,12-/m0/s1. The highest BCUT2D eigenvalue weighted by molar-refractivity contribution is 6.74. The van der Waals surface area contributed by atoms with Gasteiger partial charge in [-0.2, -0.15) is 0 Å². The van der Waals surface area contributed by atoms with Gasteiger partial charge in [0.15, 0.2) is 14.6 Å². The normalized spacial score (nSPS) is 36.1. The number of aliphatic hydroxyl groups excluding tert-OH is 1. The van der Waals surface area contributed by atoms with Crippen molar-refractivity contribution in [3.05, 3.63) is 12.2 Å². The predicted octanol–water partition coefficient (Wildman–Crippen LogP) is 2.05. The first-order chi connectivity index (χ1) is 8.21. The molecule has 2 aliphatic heterocycles. The number of aliphatic hydroxyl groups is 1. The summed E-state index contributed by atoms with van der Waals surface area (Å²) in [6, 6.07) is 0. The minimum atomic E-state index is -1.78. The third-order valence-electron chi connectivity index (χ3n) is 4.18. The predicted molar refractivity (Wildman–Crippen MR) is 71.8 cm³/mol. The van der Waals surface area contributed by atoms with Crippen LogP contribution in [0.1, 0.15) is 20.8 Å². The van der Waals surface area contributed by atoms with Crippen LogP contribution in [0.15, 0.2) is 12.2 Å². The maximum atomic E-state index is 9.82. The molecule has 0 aromatic heterocycles. The van der Waals surface area contributed by atoms with Gasteiger partial charge in [-0.15, -0.1) is 0 Å². The summed E-state index contributed by atoms with van der Waals surface area (Å²) in [6.07, 6.45) is 2.14. The molecule has 4 nitrogen and oxygen atoms in total. The molecule has 0 spiro atoms. The van der Waals surface area contributed by atoms with Gasteiger partial charge in [0.1, 0.15) is 18.3 Å². The van der Waals surface area contributed by atoms with Gasteiger partial charge in [-0.3, -0.25) is 0 Å². The second-order valence-corrected chi connectivity index (χ2v) is 11.4. The van der Waals surface area contributed by atoms with E-state index in [1.54, 1.807) is 12.2 Å². The van der Waals surface area contributed by atoms with Crippen LogP contribution in [0.3, 0.4) is 0 Å². The highest BCUT2D eigenvalue weighted by atomic mass is 28.4. The van der Waals surface area contributed by atoms with Crippen LogP contribution < -0.4 is 0 Å². The molecule has 2 heterocycles. The average molecular weight is 272 g/mol. The lowest BCUT2D eigenvalue weighted by atomic mass is 10.1. The molecule has 0 aromatic rings. The topological polar surface area (TPSA) is 47.9 Å². The van der Waals surface area contributed by atoms with Crippen LogP contribution in [-0.2, 0) is 13.9 Å². The van der Waals surface area contributed by atoms with E-state index in [-0.39, 0.29) is 23.5 Å². The Morgan fingerprint density at radius 3 is 2.50 bits per heavy atom. The van der Waals surface area contributed by atoms with Crippen molar-refractivity contribution in [2.75, 3.05) is 6.61 Å². The lowest BCUT2D eigenvalue weighted by molar-refractivity contribution is -0.0547. The summed E-state index contributed by atoms with van der Waals surface area (Å²) in [7, 11) is -1.78. The van der Waals surface area contributed by atoms with Crippen molar-refractivity contribution in [1.82, 2.24) is 0 Å². The first kappa shape index (κ1) is 14.2.